The third-order valence-electron chi connectivity index (χ3n) is 3.46. The Balaban J connectivity index is 1.58. The molecule has 0 radical (unpaired) electrons. The molecular formula is C14H16N4O3. The predicted molar refractivity (Wildman–Crippen MR) is 74.4 cm³/mol. The van der Waals surface area contributed by atoms with E-state index in [2.05, 4.69) is 20.7 Å². The summed E-state index contributed by atoms with van der Waals surface area (Å²) in [5.41, 5.74) is 1.42. The summed E-state index contributed by atoms with van der Waals surface area (Å²) in [5, 5.41) is 12.6. The van der Waals surface area contributed by atoms with Gasteiger partial charge in [-0.05, 0) is 18.1 Å². The second-order valence-electron chi connectivity index (χ2n) is 4.92. The fraction of sp³-hybridized carbons (Fsp3) is 0.357. The first-order valence-corrected chi connectivity index (χ1v) is 6.70. The molecule has 7 nitrogen and oxygen atoms in total. The summed E-state index contributed by atoms with van der Waals surface area (Å²) in [6, 6.07) is 5.80. The Hall–Kier alpha value is -2.57. The van der Waals surface area contributed by atoms with E-state index in [9.17, 15) is 4.79 Å². The third-order valence-corrected chi connectivity index (χ3v) is 3.46. The van der Waals surface area contributed by atoms with Crippen LogP contribution in [-0.2, 0) is 6.42 Å². The molecule has 2 N–H and O–H groups in total. The van der Waals surface area contributed by atoms with Crippen LogP contribution in [0.3, 0.4) is 0 Å². The number of nitrogens with one attached hydrogen (secondary N) is 2. The number of fused-ring (bicyclic) bond motifs is 1. The highest BCUT2D eigenvalue weighted by molar-refractivity contribution is 5.91. The molecule has 0 fully saturated rings. The maximum Gasteiger partial charge on any atom is 0.273 e. The lowest BCUT2D eigenvalue weighted by Gasteiger charge is -2.25. The molecule has 1 atom stereocenters. The van der Waals surface area contributed by atoms with E-state index in [1.165, 1.54) is 6.20 Å². The number of amides is 1. The average molecular weight is 288 g/mol. The molecule has 21 heavy (non-hydrogen) atoms. The van der Waals surface area contributed by atoms with Crippen LogP contribution in [-0.4, -0.2) is 41.6 Å². The number of carbonyl (C=O) groups excluding carboxylic acids is 1. The normalized spacial score (nSPS) is 16.7. The predicted octanol–water partition coefficient (Wildman–Crippen LogP) is 0.794. The van der Waals surface area contributed by atoms with Gasteiger partial charge in [-0.15, -0.1) is 0 Å². The minimum Gasteiger partial charge on any atom is -0.497 e. The van der Waals surface area contributed by atoms with Crippen LogP contribution in [0, 0.1) is 5.92 Å². The SMILES string of the molecule is COc1ccc2c(c1)OC[C@@H](CNC(=O)c1cn[nH]n1)C2. The van der Waals surface area contributed by atoms with E-state index in [4.69, 9.17) is 9.47 Å². The summed E-state index contributed by atoms with van der Waals surface area (Å²) in [6.07, 6.45) is 2.26. The van der Waals surface area contributed by atoms with E-state index in [1.807, 2.05) is 18.2 Å². The second-order valence-corrected chi connectivity index (χ2v) is 4.92. The first-order valence-electron chi connectivity index (χ1n) is 6.70. The van der Waals surface area contributed by atoms with Crippen LogP contribution in [0.25, 0.3) is 0 Å². The molecule has 0 saturated carbocycles. The average Bonchev–Trinajstić information content (AvgIpc) is 3.06. The zero-order valence-electron chi connectivity index (χ0n) is 11.6. The number of hydrogen-bond acceptors (Lipinski definition) is 5. The summed E-state index contributed by atoms with van der Waals surface area (Å²) < 4.78 is 10.9. The lowest BCUT2D eigenvalue weighted by atomic mass is 9.96. The first kappa shape index (κ1) is 13.4. The van der Waals surface area contributed by atoms with Crippen molar-refractivity contribution in [1.29, 1.82) is 0 Å². The van der Waals surface area contributed by atoms with Gasteiger partial charge in [-0.2, -0.15) is 15.4 Å². The van der Waals surface area contributed by atoms with Crippen molar-refractivity contribution in [2.45, 2.75) is 6.42 Å². The molecule has 1 aromatic carbocycles. The van der Waals surface area contributed by atoms with Gasteiger partial charge in [-0.25, -0.2) is 0 Å². The number of carbonyl (C=O) groups is 1. The highest BCUT2D eigenvalue weighted by Gasteiger charge is 2.21. The van der Waals surface area contributed by atoms with Crippen molar-refractivity contribution in [3.63, 3.8) is 0 Å². The highest BCUT2D eigenvalue weighted by atomic mass is 16.5. The van der Waals surface area contributed by atoms with Crippen LogP contribution in [0.1, 0.15) is 16.1 Å². The van der Waals surface area contributed by atoms with Crippen molar-refractivity contribution in [2.24, 2.45) is 5.92 Å². The summed E-state index contributed by atoms with van der Waals surface area (Å²) >= 11 is 0. The zero-order chi connectivity index (χ0) is 14.7. The van der Waals surface area contributed by atoms with Gasteiger partial charge < -0.3 is 14.8 Å². The van der Waals surface area contributed by atoms with E-state index in [0.717, 1.165) is 23.5 Å². The molecule has 1 aromatic heterocycles. The van der Waals surface area contributed by atoms with Gasteiger partial charge in [0.1, 0.15) is 11.5 Å². The molecule has 110 valence electrons. The lowest BCUT2D eigenvalue weighted by Crippen LogP contribution is -2.35. The van der Waals surface area contributed by atoms with Crippen LogP contribution in [0.2, 0.25) is 0 Å². The third kappa shape index (κ3) is 2.96. The van der Waals surface area contributed by atoms with Crippen LogP contribution in [0.4, 0.5) is 0 Å². The standard InChI is InChI=1S/C14H16N4O3/c1-20-11-3-2-10-4-9(8-21-13(10)5-11)6-15-14(19)12-7-16-18-17-12/h2-3,5,7,9H,4,6,8H2,1H3,(H,15,19)(H,16,17,18)/t9-/m1/s1. The number of hydrogen-bond donors (Lipinski definition) is 2. The van der Waals surface area contributed by atoms with Gasteiger partial charge in [0, 0.05) is 18.5 Å². The molecule has 2 aromatic rings. The van der Waals surface area contributed by atoms with Crippen LogP contribution >= 0.6 is 0 Å². The number of ether oxygens (including phenoxy) is 2. The van der Waals surface area contributed by atoms with Gasteiger partial charge >= 0.3 is 0 Å². The Bertz CT molecular complexity index is 627. The number of methoxy groups -OCH3 is 1. The Morgan fingerprint density at radius 2 is 2.48 bits per heavy atom. The van der Waals surface area contributed by atoms with Gasteiger partial charge in [0.2, 0.25) is 0 Å². The topological polar surface area (TPSA) is 89.1 Å². The van der Waals surface area contributed by atoms with E-state index < -0.39 is 0 Å². The number of aromatic amines is 1. The Morgan fingerprint density at radius 3 is 3.24 bits per heavy atom. The van der Waals surface area contributed by atoms with E-state index in [0.29, 0.717) is 13.2 Å². The molecule has 1 amide bonds. The smallest absolute Gasteiger partial charge is 0.273 e. The molecule has 0 spiro atoms. The Morgan fingerprint density at radius 1 is 1.57 bits per heavy atom. The fourth-order valence-corrected chi connectivity index (χ4v) is 2.31. The van der Waals surface area contributed by atoms with E-state index in [1.54, 1.807) is 7.11 Å². The quantitative estimate of drug-likeness (QED) is 0.868. The minimum atomic E-state index is -0.232. The van der Waals surface area contributed by atoms with Gasteiger partial charge in [0.05, 0.1) is 19.9 Å². The molecule has 1 aliphatic heterocycles. The summed E-state index contributed by atoms with van der Waals surface area (Å²) in [5.74, 6) is 1.64. The van der Waals surface area contributed by atoms with Gasteiger partial charge in [-0.3, -0.25) is 4.79 Å². The molecule has 0 saturated heterocycles. The molecule has 0 bridgehead atoms. The van der Waals surface area contributed by atoms with Gasteiger partial charge in [0.25, 0.3) is 5.91 Å². The monoisotopic (exact) mass is 288 g/mol. The van der Waals surface area contributed by atoms with Crippen molar-refractivity contribution in [3.8, 4) is 11.5 Å². The molecule has 0 unspecified atom stereocenters. The summed E-state index contributed by atoms with van der Waals surface area (Å²) in [6.45, 7) is 1.11. The van der Waals surface area contributed by atoms with Crippen molar-refractivity contribution in [3.05, 3.63) is 35.7 Å². The molecule has 3 rings (SSSR count). The van der Waals surface area contributed by atoms with E-state index in [-0.39, 0.29) is 17.5 Å². The maximum atomic E-state index is 11.8. The number of benzene rings is 1. The van der Waals surface area contributed by atoms with E-state index >= 15 is 0 Å². The highest BCUT2D eigenvalue weighted by Crippen LogP contribution is 2.30. The largest absolute Gasteiger partial charge is 0.497 e. The number of nitrogens with zero attached hydrogens (tertiary/aromatic N) is 2. The van der Waals surface area contributed by atoms with Crippen molar-refractivity contribution in [2.75, 3.05) is 20.3 Å². The summed E-state index contributed by atoms with van der Waals surface area (Å²) in [7, 11) is 1.63. The first-order chi connectivity index (χ1) is 10.3. The maximum absolute atomic E-state index is 11.8. The van der Waals surface area contributed by atoms with Crippen molar-refractivity contribution < 1.29 is 14.3 Å². The zero-order valence-corrected chi connectivity index (χ0v) is 11.6. The van der Waals surface area contributed by atoms with Crippen LogP contribution in [0.15, 0.2) is 24.4 Å². The van der Waals surface area contributed by atoms with Crippen LogP contribution in [0.5, 0.6) is 11.5 Å². The molecule has 0 aliphatic carbocycles. The summed E-state index contributed by atoms with van der Waals surface area (Å²) in [4.78, 5) is 11.8. The molecule has 2 heterocycles. The second kappa shape index (κ2) is 5.82. The Kier molecular flexibility index (Phi) is 3.72. The number of H-pyrrole nitrogens is 1. The lowest BCUT2D eigenvalue weighted by molar-refractivity contribution is 0.0934. The van der Waals surface area contributed by atoms with Gasteiger partial charge in [0.15, 0.2) is 5.69 Å². The minimum absolute atomic E-state index is 0.232. The molecule has 1 aliphatic rings. The number of aromatic nitrogens is 3. The fourth-order valence-electron chi connectivity index (χ4n) is 2.31. The van der Waals surface area contributed by atoms with Crippen molar-refractivity contribution >= 4 is 5.91 Å². The number of rotatable bonds is 4. The van der Waals surface area contributed by atoms with Gasteiger partial charge in [-0.1, -0.05) is 6.07 Å². The van der Waals surface area contributed by atoms with Crippen LogP contribution < -0.4 is 14.8 Å². The molecular weight excluding hydrogens is 272 g/mol. The Labute approximate surface area is 121 Å². The van der Waals surface area contributed by atoms with Crippen molar-refractivity contribution in [1.82, 2.24) is 20.7 Å². The molecule has 7 heteroatoms.